The monoisotopic (exact) mass is 686 g/mol. The molecule has 0 aliphatic rings. The van der Waals surface area contributed by atoms with E-state index in [-0.39, 0.29) is 17.9 Å². The largest absolute Gasteiger partial charge is 0.497 e. The molecule has 16 nitrogen and oxygen atoms in total. The number of fused-ring (bicyclic) bond motifs is 1. The molecule has 0 aliphatic heterocycles. The molecule has 2 atom stereocenters. The SMILES string of the molecule is COc1ccc2c(Oc3ccc(NC(=O)c4c(C)n(C[C@@H](C)[C@](C)(N)C(=O)O)n(-c5ccccc5)c4=O)nc3)ccnc2c1.O=C(O)C(=O)O. The molecular formula is C34H34N6O10. The summed E-state index contributed by atoms with van der Waals surface area (Å²) in [4.78, 5) is 65.8. The zero-order valence-corrected chi connectivity index (χ0v) is 27.4. The van der Waals surface area contributed by atoms with Crippen molar-refractivity contribution in [3.63, 3.8) is 0 Å². The Kier molecular flexibility index (Phi) is 11.0. The number of ether oxygens (including phenoxy) is 2. The molecule has 260 valence electrons. The second-order valence-electron chi connectivity index (χ2n) is 11.2. The lowest BCUT2D eigenvalue weighted by Gasteiger charge is -2.28. The summed E-state index contributed by atoms with van der Waals surface area (Å²) in [6.45, 7) is 4.82. The van der Waals surface area contributed by atoms with E-state index in [1.807, 2.05) is 18.2 Å². The molecule has 0 fully saturated rings. The fourth-order valence-corrected chi connectivity index (χ4v) is 4.75. The van der Waals surface area contributed by atoms with Crippen molar-refractivity contribution in [1.82, 2.24) is 19.3 Å². The fourth-order valence-electron chi connectivity index (χ4n) is 4.75. The minimum atomic E-state index is -1.82. The first-order valence-electron chi connectivity index (χ1n) is 14.9. The molecule has 0 saturated heterocycles. The first-order chi connectivity index (χ1) is 23.6. The van der Waals surface area contributed by atoms with Gasteiger partial charge in [0.25, 0.3) is 11.5 Å². The van der Waals surface area contributed by atoms with Crippen LogP contribution in [0.25, 0.3) is 16.6 Å². The number of amides is 1. The van der Waals surface area contributed by atoms with Crippen molar-refractivity contribution in [2.24, 2.45) is 11.7 Å². The predicted octanol–water partition coefficient (Wildman–Crippen LogP) is 3.54. The maximum atomic E-state index is 13.7. The minimum absolute atomic E-state index is 0.0727. The zero-order chi connectivity index (χ0) is 36.7. The number of carboxylic acid groups (broad SMARTS) is 3. The van der Waals surface area contributed by atoms with Gasteiger partial charge >= 0.3 is 17.9 Å². The highest BCUT2D eigenvalue weighted by Gasteiger charge is 2.36. The third-order valence-electron chi connectivity index (χ3n) is 7.85. The van der Waals surface area contributed by atoms with Crippen LogP contribution in [0.2, 0.25) is 0 Å². The van der Waals surface area contributed by atoms with Crippen LogP contribution in [0.1, 0.15) is 29.9 Å². The lowest BCUT2D eigenvalue weighted by atomic mass is 9.88. The molecule has 50 heavy (non-hydrogen) atoms. The summed E-state index contributed by atoms with van der Waals surface area (Å²) in [5, 5.41) is 27.9. The average molecular weight is 687 g/mol. The number of hydrogen-bond acceptors (Lipinski definition) is 10. The third kappa shape index (κ3) is 7.94. The van der Waals surface area contributed by atoms with Gasteiger partial charge in [-0.25, -0.2) is 19.3 Å². The van der Waals surface area contributed by atoms with E-state index < -0.39 is 40.8 Å². The van der Waals surface area contributed by atoms with E-state index in [1.54, 1.807) is 80.4 Å². The molecule has 16 heteroatoms. The fraction of sp³-hybridized carbons (Fsp3) is 0.206. The van der Waals surface area contributed by atoms with Crippen LogP contribution in [-0.4, -0.2) is 71.1 Å². The molecule has 6 N–H and O–H groups in total. The van der Waals surface area contributed by atoms with Gasteiger partial charge in [0.2, 0.25) is 0 Å². The summed E-state index contributed by atoms with van der Waals surface area (Å²) in [6, 6.07) is 19.2. The number of anilines is 1. The van der Waals surface area contributed by atoms with Crippen LogP contribution < -0.4 is 26.1 Å². The maximum Gasteiger partial charge on any atom is 0.414 e. The van der Waals surface area contributed by atoms with Crippen LogP contribution in [-0.2, 0) is 20.9 Å². The Balaban J connectivity index is 0.000000860. The van der Waals surface area contributed by atoms with E-state index >= 15 is 0 Å². The van der Waals surface area contributed by atoms with E-state index in [2.05, 4.69) is 15.3 Å². The summed E-state index contributed by atoms with van der Waals surface area (Å²) in [7, 11) is 1.59. The molecule has 3 heterocycles. The number of carboxylic acids is 3. The van der Waals surface area contributed by atoms with Gasteiger partial charge in [-0.1, -0.05) is 25.1 Å². The number of aliphatic carboxylic acids is 3. The predicted molar refractivity (Wildman–Crippen MR) is 180 cm³/mol. The molecule has 0 radical (unpaired) electrons. The molecule has 0 saturated carbocycles. The Hall–Kier alpha value is -6.55. The topological polar surface area (TPSA) is 238 Å². The Morgan fingerprint density at radius 3 is 2.20 bits per heavy atom. The number of nitrogens with one attached hydrogen (secondary N) is 1. The Morgan fingerprint density at radius 1 is 0.960 bits per heavy atom. The number of benzene rings is 2. The second-order valence-corrected chi connectivity index (χ2v) is 11.2. The Labute approximate surface area is 284 Å². The molecule has 3 aromatic heterocycles. The van der Waals surface area contributed by atoms with E-state index in [1.165, 1.54) is 17.8 Å². The van der Waals surface area contributed by atoms with Gasteiger partial charge in [-0.3, -0.25) is 24.0 Å². The number of rotatable bonds is 10. The number of carbonyl (C=O) groups is 4. The van der Waals surface area contributed by atoms with Crippen molar-refractivity contribution < 1.29 is 44.0 Å². The second kappa shape index (κ2) is 15.1. The van der Waals surface area contributed by atoms with Crippen LogP contribution >= 0.6 is 0 Å². The molecule has 5 aromatic rings. The van der Waals surface area contributed by atoms with Gasteiger partial charge in [-0.05, 0) is 56.3 Å². The van der Waals surface area contributed by atoms with Crippen LogP contribution in [0.4, 0.5) is 5.82 Å². The number of hydrogen-bond donors (Lipinski definition) is 5. The van der Waals surface area contributed by atoms with Crippen LogP contribution in [0.3, 0.4) is 0 Å². The van der Waals surface area contributed by atoms with Gasteiger partial charge in [0.15, 0.2) is 0 Å². The normalized spacial score (nSPS) is 12.5. The van der Waals surface area contributed by atoms with Crippen LogP contribution in [0.15, 0.2) is 83.9 Å². The van der Waals surface area contributed by atoms with Gasteiger partial charge in [-0.2, -0.15) is 0 Å². The number of nitrogens with two attached hydrogens (primary N) is 1. The molecule has 0 spiro atoms. The molecule has 5 rings (SSSR count). The summed E-state index contributed by atoms with van der Waals surface area (Å²) in [6.07, 6.45) is 3.09. The quantitative estimate of drug-likeness (QED) is 0.132. The van der Waals surface area contributed by atoms with Crippen molar-refractivity contribution in [1.29, 1.82) is 0 Å². The summed E-state index contributed by atoms with van der Waals surface area (Å²) in [5.74, 6) is -4.19. The molecule has 1 amide bonds. The smallest absolute Gasteiger partial charge is 0.414 e. The Bertz CT molecular complexity index is 2100. The highest BCUT2D eigenvalue weighted by atomic mass is 16.5. The van der Waals surface area contributed by atoms with Crippen molar-refractivity contribution in [2.75, 3.05) is 12.4 Å². The minimum Gasteiger partial charge on any atom is -0.497 e. The molecule has 0 aliphatic carbocycles. The number of pyridine rings is 2. The van der Waals surface area contributed by atoms with E-state index in [0.717, 1.165) is 5.39 Å². The molecule has 0 unspecified atom stereocenters. The van der Waals surface area contributed by atoms with Gasteiger partial charge in [0.05, 0.1) is 30.2 Å². The molecular weight excluding hydrogens is 652 g/mol. The van der Waals surface area contributed by atoms with E-state index in [4.69, 9.17) is 35.0 Å². The lowest BCUT2D eigenvalue weighted by molar-refractivity contribution is -0.159. The van der Waals surface area contributed by atoms with Crippen molar-refractivity contribution in [3.8, 4) is 22.9 Å². The van der Waals surface area contributed by atoms with Crippen molar-refractivity contribution >= 4 is 40.5 Å². The standard InChI is InChI=1S/C32H32N6O6.C2H2O4/c1-19(32(3,33)31(41)42)18-37-20(2)28(30(40)38(37)21-8-6-5-7-9-21)29(39)36-27-13-11-23(17-35-27)44-26-14-15-34-25-16-22(43-4)10-12-24(25)26;3-1(4)2(5)6/h5-17,19H,18,33H2,1-4H3,(H,41,42)(H,35,36,39);(H,3,4)(H,5,6)/t19-,32+;/m1./s1. The summed E-state index contributed by atoms with van der Waals surface area (Å²) in [5.41, 5.74) is 5.43. The summed E-state index contributed by atoms with van der Waals surface area (Å²) < 4.78 is 14.2. The Morgan fingerprint density at radius 2 is 1.62 bits per heavy atom. The van der Waals surface area contributed by atoms with E-state index in [0.29, 0.717) is 34.1 Å². The van der Waals surface area contributed by atoms with E-state index in [9.17, 15) is 19.5 Å². The average Bonchev–Trinajstić information content (AvgIpc) is 3.33. The third-order valence-corrected chi connectivity index (χ3v) is 7.85. The number of methoxy groups -OCH3 is 1. The van der Waals surface area contributed by atoms with Crippen molar-refractivity contribution in [3.05, 3.63) is 101 Å². The highest BCUT2D eigenvalue weighted by molar-refractivity contribution is 6.27. The van der Waals surface area contributed by atoms with Crippen LogP contribution in [0.5, 0.6) is 17.2 Å². The molecule has 0 bridgehead atoms. The maximum absolute atomic E-state index is 13.7. The van der Waals surface area contributed by atoms with Crippen LogP contribution in [0, 0.1) is 12.8 Å². The molecule has 2 aromatic carbocycles. The van der Waals surface area contributed by atoms with Gasteiger partial charge < -0.3 is 35.8 Å². The highest BCUT2D eigenvalue weighted by Crippen LogP contribution is 2.31. The lowest BCUT2D eigenvalue weighted by Crippen LogP contribution is -2.52. The van der Waals surface area contributed by atoms with Gasteiger partial charge in [0, 0.05) is 30.1 Å². The van der Waals surface area contributed by atoms with Crippen molar-refractivity contribution in [2.45, 2.75) is 32.9 Å². The first kappa shape index (κ1) is 36.3. The number of nitrogens with zero attached hydrogens (tertiary/aromatic N) is 4. The first-order valence-corrected chi connectivity index (χ1v) is 14.9. The number of carbonyl (C=O) groups excluding carboxylic acids is 1. The number of para-hydroxylation sites is 1. The zero-order valence-electron chi connectivity index (χ0n) is 27.4. The number of aromatic nitrogens is 4. The van der Waals surface area contributed by atoms with Gasteiger partial charge in [-0.15, -0.1) is 0 Å². The summed E-state index contributed by atoms with van der Waals surface area (Å²) >= 11 is 0. The van der Waals surface area contributed by atoms with Gasteiger partial charge in [0.1, 0.15) is 34.2 Å².